The molecule has 1 unspecified atom stereocenters. The fourth-order valence-corrected chi connectivity index (χ4v) is 7.39. The fraction of sp³-hybridized carbons (Fsp3) is 0.212. The van der Waals surface area contributed by atoms with Crippen LogP contribution in [0.25, 0.3) is 0 Å². The fourth-order valence-electron chi connectivity index (χ4n) is 4.77. The monoisotopic (exact) mass is 568 g/mol. The van der Waals surface area contributed by atoms with Crippen molar-refractivity contribution in [3.05, 3.63) is 120 Å². The first kappa shape index (κ1) is 28.3. The summed E-state index contributed by atoms with van der Waals surface area (Å²) in [6, 6.07) is 35.0. The van der Waals surface area contributed by atoms with Crippen LogP contribution in [0.15, 0.2) is 119 Å². The van der Waals surface area contributed by atoms with Gasteiger partial charge in [-0.1, -0.05) is 60.7 Å². The zero-order valence-electron chi connectivity index (χ0n) is 23.5. The molecular weight excluding hydrogens is 532 g/mol. The highest BCUT2D eigenvalue weighted by molar-refractivity contribution is 7.91. The first-order valence-corrected chi connectivity index (χ1v) is 15.5. The van der Waals surface area contributed by atoms with Gasteiger partial charge in [-0.2, -0.15) is 0 Å². The molecule has 0 aromatic heterocycles. The van der Waals surface area contributed by atoms with Gasteiger partial charge < -0.3 is 15.4 Å². The minimum atomic E-state index is -3.19. The second-order valence-corrected chi connectivity index (χ2v) is 12.9. The Morgan fingerprint density at radius 1 is 0.780 bits per heavy atom. The molecule has 4 aromatic rings. The van der Waals surface area contributed by atoms with Gasteiger partial charge in [0, 0.05) is 14.1 Å². The smallest absolute Gasteiger partial charge is 0.298 e. The molecule has 210 valence electrons. The third-order valence-electron chi connectivity index (χ3n) is 6.99. The number of hydrogen-bond donors (Lipinski definition) is 2. The Morgan fingerprint density at radius 3 is 1.95 bits per heavy atom. The van der Waals surface area contributed by atoms with Crippen molar-refractivity contribution in [1.82, 2.24) is 10.2 Å². The molecule has 1 aliphatic rings. The number of unbranched alkanes of at least 4 members (excludes halogenated alkanes) is 1. The number of nitrogens with two attached hydrogens (primary N) is 1. The summed E-state index contributed by atoms with van der Waals surface area (Å²) in [7, 11) is 0.622. The largest absolute Gasteiger partial charge is 0.494 e. The van der Waals surface area contributed by atoms with E-state index in [9.17, 15) is 0 Å². The zero-order chi connectivity index (χ0) is 28.7. The van der Waals surface area contributed by atoms with Gasteiger partial charge in [-0.15, -0.1) is 0 Å². The number of aryl methyl sites for hydroxylation is 1. The first-order valence-electron chi connectivity index (χ1n) is 13.8. The number of guanidine groups is 2. The summed E-state index contributed by atoms with van der Waals surface area (Å²) >= 11 is 0. The quantitative estimate of drug-likeness (QED) is 0.206. The molecule has 1 aliphatic heterocycles. The maximum atomic E-state index is 16.9. The summed E-state index contributed by atoms with van der Waals surface area (Å²) in [6.45, 7) is 0.625. The molecule has 0 amide bonds. The van der Waals surface area contributed by atoms with E-state index in [1.807, 2.05) is 116 Å². The lowest BCUT2D eigenvalue weighted by atomic mass is 10.1. The lowest BCUT2D eigenvalue weighted by molar-refractivity contribution is 0.307. The number of halogens is 1. The Hall–Kier alpha value is -4.22. The van der Waals surface area contributed by atoms with Crippen LogP contribution in [0.1, 0.15) is 30.1 Å². The predicted molar refractivity (Wildman–Crippen MR) is 170 cm³/mol. The molecule has 1 atom stereocenters. The summed E-state index contributed by atoms with van der Waals surface area (Å²) in [5.74, 6) is 1.84. The van der Waals surface area contributed by atoms with Crippen LogP contribution in [-0.4, -0.2) is 37.5 Å². The van der Waals surface area contributed by atoms with Crippen molar-refractivity contribution in [3.8, 4) is 5.75 Å². The summed E-state index contributed by atoms with van der Waals surface area (Å²) in [5.41, 5.74) is 8.07. The van der Waals surface area contributed by atoms with E-state index >= 15 is 4.20 Å². The van der Waals surface area contributed by atoms with E-state index in [1.165, 1.54) is 5.56 Å². The lowest BCUT2D eigenvalue weighted by Gasteiger charge is -2.23. The number of rotatable bonds is 10. The van der Waals surface area contributed by atoms with Gasteiger partial charge in [0.2, 0.25) is 5.96 Å². The van der Waals surface area contributed by atoms with E-state index in [0.717, 1.165) is 46.5 Å². The molecule has 1 heterocycles. The van der Waals surface area contributed by atoms with Crippen molar-refractivity contribution in [3.63, 3.8) is 0 Å². The van der Waals surface area contributed by atoms with Crippen molar-refractivity contribution in [1.29, 1.82) is 0 Å². The van der Waals surface area contributed by atoms with E-state index in [1.54, 1.807) is 0 Å². The predicted octanol–water partition coefficient (Wildman–Crippen LogP) is 5.10. The average molecular weight is 569 g/mol. The molecule has 0 aliphatic carbocycles. The van der Waals surface area contributed by atoms with E-state index in [0.29, 0.717) is 18.5 Å². The Bertz CT molecular complexity index is 1440. The summed E-state index contributed by atoms with van der Waals surface area (Å²) in [4.78, 5) is 10.9. The van der Waals surface area contributed by atoms with Crippen LogP contribution >= 0.6 is 7.57 Å². The summed E-state index contributed by atoms with van der Waals surface area (Å²) < 4.78 is 22.9. The highest BCUT2D eigenvalue weighted by atomic mass is 31.2. The molecule has 5 rings (SSSR count). The van der Waals surface area contributed by atoms with Gasteiger partial charge in [0.1, 0.15) is 21.7 Å². The molecule has 0 saturated heterocycles. The van der Waals surface area contributed by atoms with Gasteiger partial charge in [-0.25, -0.2) is 9.98 Å². The molecule has 6 nitrogen and oxygen atoms in total. The van der Waals surface area contributed by atoms with Crippen molar-refractivity contribution in [2.45, 2.75) is 25.4 Å². The molecule has 0 spiro atoms. The number of hydrogen-bond acceptors (Lipinski definition) is 6. The van der Waals surface area contributed by atoms with Gasteiger partial charge in [0.15, 0.2) is 12.1 Å². The third-order valence-corrected chi connectivity index (χ3v) is 10.0. The van der Waals surface area contributed by atoms with Crippen molar-refractivity contribution in [2.24, 2.45) is 15.7 Å². The van der Waals surface area contributed by atoms with Crippen LogP contribution < -0.4 is 31.7 Å². The molecule has 0 fully saturated rings. The minimum absolute atomic E-state index is 0.349. The van der Waals surface area contributed by atoms with Gasteiger partial charge in [0.05, 0.1) is 6.61 Å². The number of aliphatic imine (C=N–C) groups is 2. The Morgan fingerprint density at radius 2 is 1.37 bits per heavy atom. The highest BCUT2D eigenvalue weighted by Crippen LogP contribution is 2.56. The number of nitrogens with one attached hydrogen (secondary N) is 1. The molecule has 8 heteroatoms. The summed E-state index contributed by atoms with van der Waals surface area (Å²) in [6.07, 6.45) is 2.44. The van der Waals surface area contributed by atoms with Crippen LogP contribution in [0.2, 0.25) is 0 Å². The maximum Gasteiger partial charge on any atom is 0.298 e. The lowest BCUT2D eigenvalue weighted by Crippen LogP contribution is -2.46. The van der Waals surface area contributed by atoms with Gasteiger partial charge in [-0.05, 0) is 83.1 Å². The van der Waals surface area contributed by atoms with Crippen LogP contribution in [0, 0.1) is 0 Å². The summed E-state index contributed by atoms with van der Waals surface area (Å²) in [5, 5.41) is 5.18. The van der Waals surface area contributed by atoms with Crippen LogP contribution in [-0.2, 0) is 6.42 Å². The van der Waals surface area contributed by atoms with Gasteiger partial charge in [0.25, 0.3) is 7.57 Å². The topological polar surface area (TPSA) is 75.2 Å². The molecule has 3 N–H and O–H groups in total. The van der Waals surface area contributed by atoms with Crippen LogP contribution in [0.4, 0.5) is 4.20 Å². The molecule has 4 aromatic carbocycles. The highest BCUT2D eigenvalue weighted by Gasteiger charge is 2.47. The molecule has 0 bridgehead atoms. The van der Waals surface area contributed by atoms with E-state index < -0.39 is 7.57 Å². The third kappa shape index (κ3) is 6.75. The maximum absolute atomic E-state index is 16.9. The molecule has 0 radical (unpaired) electrons. The number of ether oxygens (including phenoxy) is 1. The van der Waals surface area contributed by atoms with Crippen molar-refractivity contribution < 1.29 is 8.93 Å². The first-order chi connectivity index (χ1) is 19.9. The van der Waals surface area contributed by atoms with Crippen molar-refractivity contribution in [2.75, 3.05) is 20.7 Å². The minimum Gasteiger partial charge on any atom is -0.494 e. The number of benzene rings is 4. The Balaban J connectivity index is 1.14. The SMILES string of the molecule is CN(C)C1=NC(c2ccc(OCCCCc3ccc([P+](F)(c4ccccc4)c4ccccc4)cc3)cc2)N=C(N)N1. The second-order valence-electron chi connectivity index (χ2n) is 10.2. The number of nitrogens with zero attached hydrogens (tertiary/aromatic N) is 3. The van der Waals surface area contributed by atoms with E-state index in [2.05, 4.69) is 27.4 Å². The van der Waals surface area contributed by atoms with E-state index in [4.69, 9.17) is 10.5 Å². The molecular formula is C33H36FN5OP+. The Kier molecular flexibility index (Phi) is 8.95. The van der Waals surface area contributed by atoms with E-state index in [-0.39, 0.29) is 6.17 Å². The molecule has 0 saturated carbocycles. The standard InChI is InChI=1S/C33H36FN5OP/c1-39(2)33-37-31(36-32(35)38-33)26-18-20-27(21-19-26)40-24-10-9-11-25-16-22-30(23-17-25)41(34,28-12-5-3-6-13-28)29-14-7-4-8-15-29/h3-8,12-23,31H,9-11,24H2,1-2H3,(H3,35,36,37,38)/q+1. The van der Waals surface area contributed by atoms with Gasteiger partial charge in [-0.3, -0.25) is 5.32 Å². The van der Waals surface area contributed by atoms with Gasteiger partial charge >= 0.3 is 0 Å². The molecule has 41 heavy (non-hydrogen) atoms. The second kappa shape index (κ2) is 13.0. The zero-order valence-corrected chi connectivity index (χ0v) is 24.3. The van der Waals surface area contributed by atoms with Crippen LogP contribution in [0.3, 0.4) is 0 Å². The van der Waals surface area contributed by atoms with Crippen LogP contribution in [0.5, 0.6) is 5.75 Å². The Labute approximate surface area is 242 Å². The normalized spacial score (nSPS) is 15.0. The van der Waals surface area contributed by atoms with Crippen molar-refractivity contribution >= 4 is 35.4 Å². The average Bonchev–Trinajstić information content (AvgIpc) is 3.01.